The monoisotopic (exact) mass is 257 g/mol. The van der Waals surface area contributed by atoms with Crippen LogP contribution in [0.25, 0.3) is 0 Å². The van der Waals surface area contributed by atoms with Crippen LogP contribution < -0.4 is 9.47 Å². The molecule has 0 spiro atoms. The summed E-state index contributed by atoms with van der Waals surface area (Å²) in [5.74, 6) is 1.43. The molecular formula is C15H15NO3. The van der Waals surface area contributed by atoms with Gasteiger partial charge in [0.1, 0.15) is 17.6 Å². The van der Waals surface area contributed by atoms with Gasteiger partial charge in [0, 0.05) is 29.9 Å². The van der Waals surface area contributed by atoms with Gasteiger partial charge in [-0.05, 0) is 24.3 Å². The van der Waals surface area contributed by atoms with E-state index in [2.05, 4.69) is 4.98 Å². The second-order valence-electron chi connectivity index (χ2n) is 4.55. The summed E-state index contributed by atoms with van der Waals surface area (Å²) in [6.07, 6.45) is 3.30. The second kappa shape index (κ2) is 4.90. The molecule has 0 bridgehead atoms. The first-order valence-electron chi connectivity index (χ1n) is 6.20. The van der Waals surface area contributed by atoms with E-state index in [1.807, 2.05) is 30.3 Å². The molecule has 1 aliphatic rings. The molecule has 4 heteroatoms. The molecule has 1 aliphatic heterocycles. The Kier molecular flexibility index (Phi) is 3.09. The second-order valence-corrected chi connectivity index (χ2v) is 4.55. The van der Waals surface area contributed by atoms with Crippen molar-refractivity contribution in [1.82, 2.24) is 4.98 Å². The lowest BCUT2D eigenvalue weighted by Crippen LogP contribution is -2.19. The molecule has 0 aliphatic carbocycles. The standard InChI is InChI=1S/C15H15NO3/c1-18-11-4-5-14-12(7-11)13(17)8-15(19-14)10-3-2-6-16-9-10/h2-7,9,13,15,17H,8H2,1H3/t13-,15?/m1/s1. The highest BCUT2D eigenvalue weighted by Crippen LogP contribution is 2.41. The van der Waals surface area contributed by atoms with Crippen molar-refractivity contribution < 1.29 is 14.6 Å². The number of hydrogen-bond acceptors (Lipinski definition) is 4. The molecule has 0 fully saturated rings. The molecule has 19 heavy (non-hydrogen) atoms. The normalized spacial score (nSPS) is 21.4. The Morgan fingerprint density at radius 2 is 2.26 bits per heavy atom. The minimum Gasteiger partial charge on any atom is -0.497 e. The van der Waals surface area contributed by atoms with E-state index in [9.17, 15) is 5.11 Å². The minimum atomic E-state index is -0.552. The maximum atomic E-state index is 10.3. The Bertz CT molecular complexity index is 571. The molecule has 0 radical (unpaired) electrons. The number of aliphatic hydroxyl groups is 1. The van der Waals surface area contributed by atoms with Crippen LogP contribution in [-0.4, -0.2) is 17.2 Å². The number of aromatic nitrogens is 1. The summed E-state index contributed by atoms with van der Waals surface area (Å²) in [5, 5.41) is 10.3. The lowest BCUT2D eigenvalue weighted by Gasteiger charge is -2.30. The molecule has 4 nitrogen and oxygen atoms in total. The summed E-state index contributed by atoms with van der Waals surface area (Å²) in [6.45, 7) is 0. The molecular weight excluding hydrogens is 242 g/mol. The number of aliphatic hydroxyl groups excluding tert-OH is 1. The third-order valence-corrected chi connectivity index (χ3v) is 3.34. The van der Waals surface area contributed by atoms with E-state index in [1.165, 1.54) is 0 Å². The molecule has 0 saturated carbocycles. The highest BCUT2D eigenvalue weighted by atomic mass is 16.5. The molecule has 3 rings (SSSR count). The van der Waals surface area contributed by atoms with Gasteiger partial charge in [-0.2, -0.15) is 0 Å². The lowest BCUT2D eigenvalue weighted by atomic mass is 9.95. The van der Waals surface area contributed by atoms with E-state index < -0.39 is 6.10 Å². The summed E-state index contributed by atoms with van der Waals surface area (Å²) in [5.41, 5.74) is 1.75. The number of hydrogen-bond donors (Lipinski definition) is 1. The van der Waals surface area contributed by atoms with Gasteiger partial charge < -0.3 is 14.6 Å². The molecule has 1 aromatic carbocycles. The fraction of sp³-hybridized carbons (Fsp3) is 0.267. The zero-order valence-corrected chi connectivity index (χ0v) is 10.6. The van der Waals surface area contributed by atoms with Gasteiger partial charge in [-0.1, -0.05) is 6.07 Å². The van der Waals surface area contributed by atoms with Gasteiger partial charge in [-0.25, -0.2) is 0 Å². The summed E-state index contributed by atoms with van der Waals surface area (Å²) in [7, 11) is 1.61. The van der Waals surface area contributed by atoms with Gasteiger partial charge >= 0.3 is 0 Å². The highest BCUT2D eigenvalue weighted by Gasteiger charge is 2.28. The Morgan fingerprint density at radius 1 is 1.37 bits per heavy atom. The SMILES string of the molecule is COc1ccc2c(c1)[C@H](O)CC(c1cccnc1)O2. The number of ether oxygens (including phenoxy) is 2. The van der Waals surface area contributed by atoms with Crippen LogP contribution >= 0.6 is 0 Å². The molecule has 0 saturated heterocycles. The lowest BCUT2D eigenvalue weighted by molar-refractivity contribution is 0.0653. The predicted molar refractivity (Wildman–Crippen MR) is 70.2 cm³/mol. The predicted octanol–water partition coefficient (Wildman–Crippen LogP) is 2.65. The number of rotatable bonds is 2. The number of pyridine rings is 1. The van der Waals surface area contributed by atoms with E-state index in [-0.39, 0.29) is 6.10 Å². The zero-order valence-electron chi connectivity index (χ0n) is 10.6. The first kappa shape index (κ1) is 12.0. The van der Waals surface area contributed by atoms with E-state index in [4.69, 9.17) is 9.47 Å². The largest absolute Gasteiger partial charge is 0.497 e. The molecule has 1 N–H and O–H groups in total. The maximum absolute atomic E-state index is 10.3. The van der Waals surface area contributed by atoms with Gasteiger partial charge in [0.25, 0.3) is 0 Å². The van der Waals surface area contributed by atoms with Gasteiger partial charge in [0.05, 0.1) is 13.2 Å². The Balaban J connectivity index is 1.92. The van der Waals surface area contributed by atoms with E-state index in [0.717, 1.165) is 16.9 Å². The van der Waals surface area contributed by atoms with Crippen LogP contribution in [0.1, 0.15) is 29.8 Å². The van der Waals surface area contributed by atoms with Crippen LogP contribution in [0, 0.1) is 0 Å². The number of benzene rings is 1. The Morgan fingerprint density at radius 3 is 3.00 bits per heavy atom. The van der Waals surface area contributed by atoms with Crippen molar-refractivity contribution >= 4 is 0 Å². The number of methoxy groups -OCH3 is 1. The molecule has 2 heterocycles. The minimum absolute atomic E-state index is 0.162. The van der Waals surface area contributed by atoms with Crippen molar-refractivity contribution in [1.29, 1.82) is 0 Å². The van der Waals surface area contributed by atoms with Crippen molar-refractivity contribution in [2.45, 2.75) is 18.6 Å². The van der Waals surface area contributed by atoms with Crippen LogP contribution in [0.5, 0.6) is 11.5 Å². The topological polar surface area (TPSA) is 51.6 Å². The molecule has 2 atom stereocenters. The fourth-order valence-electron chi connectivity index (χ4n) is 2.32. The van der Waals surface area contributed by atoms with Crippen molar-refractivity contribution in [2.24, 2.45) is 0 Å². The fourth-order valence-corrected chi connectivity index (χ4v) is 2.32. The van der Waals surface area contributed by atoms with Crippen molar-refractivity contribution in [2.75, 3.05) is 7.11 Å². The number of nitrogens with zero attached hydrogens (tertiary/aromatic N) is 1. The Hall–Kier alpha value is -2.07. The molecule has 1 unspecified atom stereocenters. The van der Waals surface area contributed by atoms with Crippen LogP contribution in [0.15, 0.2) is 42.7 Å². The zero-order chi connectivity index (χ0) is 13.2. The summed E-state index contributed by atoms with van der Waals surface area (Å²) in [4.78, 5) is 4.09. The quantitative estimate of drug-likeness (QED) is 0.898. The average molecular weight is 257 g/mol. The van der Waals surface area contributed by atoms with E-state index in [0.29, 0.717) is 12.2 Å². The van der Waals surface area contributed by atoms with Crippen LogP contribution in [-0.2, 0) is 0 Å². The van der Waals surface area contributed by atoms with Crippen LogP contribution in [0.2, 0.25) is 0 Å². The van der Waals surface area contributed by atoms with Crippen molar-refractivity contribution in [3.8, 4) is 11.5 Å². The third-order valence-electron chi connectivity index (χ3n) is 3.34. The molecule has 2 aromatic rings. The first-order valence-corrected chi connectivity index (χ1v) is 6.20. The third kappa shape index (κ3) is 2.27. The molecule has 98 valence electrons. The molecule has 1 aromatic heterocycles. The van der Waals surface area contributed by atoms with Gasteiger partial charge in [0.2, 0.25) is 0 Å². The maximum Gasteiger partial charge on any atom is 0.128 e. The van der Waals surface area contributed by atoms with Crippen LogP contribution in [0.3, 0.4) is 0 Å². The van der Waals surface area contributed by atoms with E-state index in [1.54, 1.807) is 19.5 Å². The van der Waals surface area contributed by atoms with Crippen LogP contribution in [0.4, 0.5) is 0 Å². The van der Waals surface area contributed by atoms with Crippen molar-refractivity contribution in [3.05, 3.63) is 53.9 Å². The summed E-state index contributed by atoms with van der Waals surface area (Å²) >= 11 is 0. The van der Waals surface area contributed by atoms with Crippen molar-refractivity contribution in [3.63, 3.8) is 0 Å². The van der Waals surface area contributed by atoms with Gasteiger partial charge in [0.15, 0.2) is 0 Å². The first-order chi connectivity index (χ1) is 9.28. The highest BCUT2D eigenvalue weighted by molar-refractivity contribution is 5.43. The summed E-state index contributed by atoms with van der Waals surface area (Å²) < 4.78 is 11.1. The van der Waals surface area contributed by atoms with E-state index >= 15 is 0 Å². The smallest absolute Gasteiger partial charge is 0.128 e. The average Bonchev–Trinajstić information content (AvgIpc) is 2.48. The Labute approximate surface area is 111 Å². The van der Waals surface area contributed by atoms with Gasteiger partial charge in [-0.15, -0.1) is 0 Å². The summed E-state index contributed by atoms with van der Waals surface area (Å²) in [6, 6.07) is 9.31. The number of fused-ring (bicyclic) bond motifs is 1. The van der Waals surface area contributed by atoms with Gasteiger partial charge in [-0.3, -0.25) is 4.98 Å². The molecule has 0 amide bonds.